The van der Waals surface area contributed by atoms with Gasteiger partial charge in [0.1, 0.15) is 5.54 Å². The van der Waals surface area contributed by atoms with Crippen LogP contribution in [0.2, 0.25) is 0 Å². The minimum absolute atomic E-state index is 0. The lowest BCUT2D eigenvalue weighted by molar-refractivity contribution is -0.171. The Hall–Kier alpha value is -1.14. The van der Waals surface area contributed by atoms with Crippen LogP contribution in [0.5, 0.6) is 0 Å². The molecule has 2 atom stereocenters. The average Bonchev–Trinajstić information content (AvgIpc) is 2.66. The summed E-state index contributed by atoms with van der Waals surface area (Å²) in [5.74, 6) is -0.0668. The molecule has 1 saturated carbocycles. The Morgan fingerprint density at radius 1 is 1.29 bits per heavy atom. The minimum atomic E-state index is -0.884. The van der Waals surface area contributed by atoms with E-state index in [1.807, 2.05) is 20.8 Å². The Morgan fingerprint density at radius 2 is 1.93 bits per heavy atom. The van der Waals surface area contributed by atoms with Crippen molar-refractivity contribution in [2.75, 3.05) is 26.4 Å². The fraction of sp³-hybridized carbons (Fsp3) is 0.682. The van der Waals surface area contributed by atoms with Crippen LogP contribution in [0, 0.1) is 12.3 Å². The topological polar surface area (TPSA) is 73.6 Å². The third-order valence-corrected chi connectivity index (χ3v) is 6.99. The number of nitrogens with one attached hydrogen (secondary N) is 1. The van der Waals surface area contributed by atoms with E-state index >= 15 is 0 Å². The normalized spacial score (nSPS) is 28.0. The first kappa shape index (κ1) is 23.1. The lowest BCUT2D eigenvalue weighted by Crippen LogP contribution is -2.76. The van der Waals surface area contributed by atoms with Crippen molar-refractivity contribution in [2.24, 2.45) is 11.1 Å². The van der Waals surface area contributed by atoms with E-state index in [1.54, 1.807) is 0 Å². The van der Waals surface area contributed by atoms with Gasteiger partial charge < -0.3 is 20.5 Å². The molecule has 0 bridgehead atoms. The molecule has 2 unspecified atom stereocenters. The Bertz CT molecular complexity index is 688. The molecule has 2 aliphatic rings. The molecule has 0 spiro atoms. The smallest absolute Gasteiger partial charge is 0.240 e. The lowest BCUT2D eigenvalue weighted by Gasteiger charge is -2.57. The number of halogens is 1. The summed E-state index contributed by atoms with van der Waals surface area (Å²) >= 11 is 0. The molecule has 3 rings (SSSR count). The summed E-state index contributed by atoms with van der Waals surface area (Å²) < 4.78 is 11.4. The van der Waals surface area contributed by atoms with Crippen LogP contribution in [0.3, 0.4) is 0 Å². The molecule has 1 aliphatic heterocycles. The molecule has 1 heterocycles. The number of benzene rings is 1. The molecule has 3 N–H and O–H groups in total. The molecule has 0 radical (unpaired) electrons. The fourth-order valence-corrected chi connectivity index (χ4v) is 4.70. The largest absolute Gasteiger partial charge is 0.381 e. The Labute approximate surface area is 175 Å². The van der Waals surface area contributed by atoms with Gasteiger partial charge in [-0.3, -0.25) is 4.79 Å². The molecular weight excluding hydrogens is 376 g/mol. The quantitative estimate of drug-likeness (QED) is 0.755. The van der Waals surface area contributed by atoms with Crippen molar-refractivity contribution in [3.05, 3.63) is 35.4 Å². The van der Waals surface area contributed by atoms with E-state index in [2.05, 4.69) is 36.5 Å². The number of hydrogen-bond acceptors (Lipinski definition) is 4. The first-order chi connectivity index (χ1) is 12.8. The summed E-state index contributed by atoms with van der Waals surface area (Å²) in [6.45, 7) is 10.8. The standard InChI is InChI=1S/C22H34N2O3.ClH/c1-5-27-18-14-22(23,20(18,3)4)19(25)24-15-21(10-12-26-13-11-21)17-9-7-6-8-16(17)2;/h6-9,18H,5,10-15,23H2,1-4H3,(H,24,25);1H. The SMILES string of the molecule is CCOC1CC(N)(C(=O)NCC2(c3ccccc3C)CCOCC2)C1(C)C.Cl. The number of hydrogen-bond donors (Lipinski definition) is 2. The summed E-state index contributed by atoms with van der Waals surface area (Å²) in [5.41, 5.74) is 7.77. The van der Waals surface area contributed by atoms with Crippen molar-refractivity contribution in [3.63, 3.8) is 0 Å². The van der Waals surface area contributed by atoms with Crippen molar-refractivity contribution in [2.45, 2.75) is 64.0 Å². The van der Waals surface area contributed by atoms with Crippen LogP contribution in [0.15, 0.2) is 24.3 Å². The van der Waals surface area contributed by atoms with Crippen LogP contribution in [-0.4, -0.2) is 43.9 Å². The summed E-state index contributed by atoms with van der Waals surface area (Å²) in [6.07, 6.45) is 2.41. The van der Waals surface area contributed by atoms with Crippen molar-refractivity contribution in [1.29, 1.82) is 0 Å². The van der Waals surface area contributed by atoms with E-state index in [4.69, 9.17) is 15.2 Å². The van der Waals surface area contributed by atoms with Crippen molar-refractivity contribution < 1.29 is 14.3 Å². The third-order valence-electron chi connectivity index (χ3n) is 6.99. The first-order valence-electron chi connectivity index (χ1n) is 10.1. The second kappa shape index (κ2) is 8.70. The highest BCUT2D eigenvalue weighted by atomic mass is 35.5. The maximum absolute atomic E-state index is 13.1. The van der Waals surface area contributed by atoms with Gasteiger partial charge in [0, 0.05) is 43.6 Å². The van der Waals surface area contributed by atoms with Crippen LogP contribution in [-0.2, 0) is 19.7 Å². The van der Waals surface area contributed by atoms with Gasteiger partial charge in [0.05, 0.1) is 6.10 Å². The summed E-state index contributed by atoms with van der Waals surface area (Å²) in [4.78, 5) is 13.1. The van der Waals surface area contributed by atoms with Crippen molar-refractivity contribution in [1.82, 2.24) is 5.32 Å². The molecule has 1 amide bonds. The van der Waals surface area contributed by atoms with E-state index in [9.17, 15) is 4.79 Å². The highest BCUT2D eigenvalue weighted by molar-refractivity contribution is 5.89. The zero-order valence-corrected chi connectivity index (χ0v) is 18.4. The second-order valence-corrected chi connectivity index (χ2v) is 8.73. The second-order valence-electron chi connectivity index (χ2n) is 8.73. The van der Waals surface area contributed by atoms with E-state index in [0.717, 1.165) is 26.1 Å². The summed E-state index contributed by atoms with van der Waals surface area (Å²) in [6, 6.07) is 8.46. The molecule has 1 aromatic carbocycles. The Balaban J connectivity index is 0.00000280. The average molecular weight is 411 g/mol. The van der Waals surface area contributed by atoms with Gasteiger partial charge in [0.25, 0.3) is 0 Å². The molecule has 1 saturated heterocycles. The van der Waals surface area contributed by atoms with Gasteiger partial charge in [0.2, 0.25) is 5.91 Å². The summed E-state index contributed by atoms with van der Waals surface area (Å²) in [5, 5.41) is 3.20. The van der Waals surface area contributed by atoms with E-state index in [-0.39, 0.29) is 35.2 Å². The molecular formula is C22H35ClN2O3. The molecule has 1 aromatic rings. The van der Waals surface area contributed by atoms with Crippen LogP contribution < -0.4 is 11.1 Å². The van der Waals surface area contributed by atoms with Crippen molar-refractivity contribution >= 4 is 18.3 Å². The summed E-state index contributed by atoms with van der Waals surface area (Å²) in [7, 11) is 0. The maximum Gasteiger partial charge on any atom is 0.240 e. The number of aryl methyl sites for hydroxylation is 1. The van der Waals surface area contributed by atoms with Gasteiger partial charge in [-0.05, 0) is 37.8 Å². The molecule has 5 nitrogen and oxygen atoms in total. The van der Waals surface area contributed by atoms with Crippen LogP contribution in [0.25, 0.3) is 0 Å². The monoisotopic (exact) mass is 410 g/mol. The molecule has 0 aromatic heterocycles. The Morgan fingerprint density at radius 3 is 2.50 bits per heavy atom. The van der Waals surface area contributed by atoms with Crippen LogP contribution >= 0.6 is 12.4 Å². The Kier molecular flexibility index (Phi) is 7.19. The van der Waals surface area contributed by atoms with Gasteiger partial charge in [0.15, 0.2) is 0 Å². The highest BCUT2D eigenvalue weighted by Gasteiger charge is 2.63. The number of carbonyl (C=O) groups is 1. The van der Waals surface area contributed by atoms with Gasteiger partial charge in [-0.15, -0.1) is 12.4 Å². The van der Waals surface area contributed by atoms with Crippen molar-refractivity contribution in [3.8, 4) is 0 Å². The molecule has 28 heavy (non-hydrogen) atoms. The van der Waals surface area contributed by atoms with E-state index in [0.29, 0.717) is 19.6 Å². The van der Waals surface area contributed by atoms with Crippen LogP contribution in [0.1, 0.15) is 51.2 Å². The van der Waals surface area contributed by atoms with Gasteiger partial charge in [-0.25, -0.2) is 0 Å². The van der Waals surface area contributed by atoms with E-state index < -0.39 is 5.54 Å². The fourth-order valence-electron chi connectivity index (χ4n) is 4.70. The molecule has 6 heteroatoms. The van der Waals surface area contributed by atoms with Gasteiger partial charge in [-0.2, -0.15) is 0 Å². The lowest BCUT2D eigenvalue weighted by atomic mass is 9.54. The third kappa shape index (κ3) is 3.82. The highest BCUT2D eigenvalue weighted by Crippen LogP contribution is 2.50. The predicted molar refractivity (Wildman–Crippen MR) is 114 cm³/mol. The maximum atomic E-state index is 13.1. The number of carbonyl (C=O) groups excluding carboxylic acids is 1. The number of rotatable bonds is 6. The molecule has 2 fully saturated rings. The first-order valence-corrected chi connectivity index (χ1v) is 10.1. The zero-order valence-electron chi connectivity index (χ0n) is 17.5. The molecule has 158 valence electrons. The number of amides is 1. The van der Waals surface area contributed by atoms with Gasteiger partial charge in [-0.1, -0.05) is 38.1 Å². The van der Waals surface area contributed by atoms with E-state index in [1.165, 1.54) is 11.1 Å². The van der Waals surface area contributed by atoms with Gasteiger partial charge >= 0.3 is 0 Å². The predicted octanol–water partition coefficient (Wildman–Crippen LogP) is 3.11. The minimum Gasteiger partial charge on any atom is -0.381 e. The zero-order chi connectivity index (χ0) is 19.7. The van der Waals surface area contributed by atoms with Crippen LogP contribution in [0.4, 0.5) is 0 Å². The molecule has 1 aliphatic carbocycles. The number of nitrogens with two attached hydrogens (primary N) is 1. The number of ether oxygens (including phenoxy) is 2.